The van der Waals surface area contributed by atoms with Gasteiger partial charge in [-0.05, 0) is 48.7 Å². The Balaban J connectivity index is 1.29. The van der Waals surface area contributed by atoms with Crippen molar-refractivity contribution in [2.24, 2.45) is 0 Å². The fraction of sp³-hybridized carbons (Fsp3) is 0.333. The van der Waals surface area contributed by atoms with Crippen molar-refractivity contribution >= 4 is 17.7 Å². The molecule has 0 spiro atoms. The number of aromatic nitrogens is 3. The summed E-state index contributed by atoms with van der Waals surface area (Å²) in [4.78, 5) is 30.2. The minimum absolute atomic E-state index is 0.0134. The minimum atomic E-state index is -0.387. The first-order valence-corrected chi connectivity index (χ1v) is 10.8. The molecule has 0 radical (unpaired) electrons. The first-order valence-electron chi connectivity index (χ1n) is 10.8. The summed E-state index contributed by atoms with van der Waals surface area (Å²) >= 11 is 0. The van der Waals surface area contributed by atoms with E-state index in [0.29, 0.717) is 31.0 Å². The van der Waals surface area contributed by atoms with Crippen molar-refractivity contribution in [3.05, 3.63) is 77.5 Å². The van der Waals surface area contributed by atoms with Gasteiger partial charge in [0.25, 0.3) is 5.91 Å². The average Bonchev–Trinajstić information content (AvgIpc) is 3.43. The molecule has 0 bridgehead atoms. The molecule has 3 aromatic rings. The maximum absolute atomic E-state index is 13.3. The second-order valence-electron chi connectivity index (χ2n) is 8.73. The fourth-order valence-electron chi connectivity index (χ4n) is 4.61. The number of nitrogens with one attached hydrogen (secondary N) is 1. The van der Waals surface area contributed by atoms with Crippen LogP contribution in [0.25, 0.3) is 0 Å². The Morgan fingerprint density at radius 3 is 2.72 bits per heavy atom. The van der Waals surface area contributed by atoms with Gasteiger partial charge in [0.05, 0.1) is 17.1 Å². The Morgan fingerprint density at radius 1 is 1.22 bits per heavy atom. The van der Waals surface area contributed by atoms with Crippen molar-refractivity contribution in [3.63, 3.8) is 0 Å². The van der Waals surface area contributed by atoms with Gasteiger partial charge in [-0.15, -0.1) is 0 Å². The van der Waals surface area contributed by atoms with Gasteiger partial charge in [-0.2, -0.15) is 0 Å². The number of fused-ring (bicyclic) bond motifs is 1. The van der Waals surface area contributed by atoms with E-state index in [1.165, 1.54) is 12.1 Å². The monoisotopic (exact) mass is 432 g/mol. The van der Waals surface area contributed by atoms with Crippen LogP contribution in [0.5, 0.6) is 0 Å². The van der Waals surface area contributed by atoms with Crippen LogP contribution in [0.3, 0.4) is 0 Å². The number of carbonyl (C=O) groups is 1. The Bertz CT molecular complexity index is 1140. The molecule has 0 aliphatic carbocycles. The molecule has 1 aromatic carbocycles. The first kappa shape index (κ1) is 20.4. The number of likely N-dealkylation sites (N-methyl/N-ethyl adjacent to an activating group) is 1. The van der Waals surface area contributed by atoms with Crippen molar-refractivity contribution in [3.8, 4) is 0 Å². The molecular weight excluding hydrogens is 407 g/mol. The quantitative estimate of drug-likeness (QED) is 0.682. The number of amides is 1. The van der Waals surface area contributed by atoms with Gasteiger partial charge >= 0.3 is 0 Å². The van der Waals surface area contributed by atoms with Crippen LogP contribution in [-0.2, 0) is 12.0 Å². The predicted molar refractivity (Wildman–Crippen MR) is 120 cm³/mol. The van der Waals surface area contributed by atoms with E-state index in [4.69, 9.17) is 0 Å². The smallest absolute Gasteiger partial charge is 0.255 e. The summed E-state index contributed by atoms with van der Waals surface area (Å²) in [5.41, 5.74) is 2.18. The third kappa shape index (κ3) is 3.66. The van der Waals surface area contributed by atoms with Gasteiger partial charge in [0.15, 0.2) is 0 Å². The van der Waals surface area contributed by atoms with Crippen molar-refractivity contribution in [2.45, 2.75) is 31.3 Å². The molecular formula is C24H25FN6O. The van der Waals surface area contributed by atoms with E-state index in [0.717, 1.165) is 23.4 Å². The molecule has 1 amide bonds. The molecule has 1 fully saturated rings. The molecule has 8 heteroatoms. The lowest BCUT2D eigenvalue weighted by molar-refractivity contribution is 0.0790. The van der Waals surface area contributed by atoms with E-state index >= 15 is 0 Å². The summed E-state index contributed by atoms with van der Waals surface area (Å²) in [6.45, 7) is 3.37. The summed E-state index contributed by atoms with van der Waals surface area (Å²) in [5, 5.41) is 3.44. The number of benzene rings is 1. The fourth-order valence-corrected chi connectivity index (χ4v) is 4.61. The minimum Gasteiger partial charge on any atom is -0.360 e. The maximum Gasteiger partial charge on any atom is 0.255 e. The molecule has 32 heavy (non-hydrogen) atoms. The normalized spacial score (nSPS) is 21.8. The number of hydrogen-bond acceptors (Lipinski definition) is 6. The molecule has 0 saturated carbocycles. The summed E-state index contributed by atoms with van der Waals surface area (Å²) in [5.74, 6) is 1.17. The van der Waals surface area contributed by atoms with E-state index in [2.05, 4.69) is 27.2 Å². The third-order valence-corrected chi connectivity index (χ3v) is 6.50. The topological polar surface area (TPSA) is 74.2 Å². The van der Waals surface area contributed by atoms with Crippen molar-refractivity contribution in [2.75, 3.05) is 30.4 Å². The van der Waals surface area contributed by atoms with Crippen LogP contribution >= 0.6 is 0 Å². The zero-order valence-electron chi connectivity index (χ0n) is 18.1. The summed E-state index contributed by atoms with van der Waals surface area (Å²) in [7, 11) is 1.97. The van der Waals surface area contributed by atoms with Crippen molar-refractivity contribution in [1.29, 1.82) is 0 Å². The van der Waals surface area contributed by atoms with E-state index in [-0.39, 0.29) is 23.3 Å². The van der Waals surface area contributed by atoms with Gasteiger partial charge in [0, 0.05) is 45.1 Å². The predicted octanol–water partition coefficient (Wildman–Crippen LogP) is 3.25. The number of anilines is 2. The summed E-state index contributed by atoms with van der Waals surface area (Å²) in [6.07, 6.45) is 6.63. The number of nitrogens with zero attached hydrogens (tertiary/aromatic N) is 5. The molecule has 2 aromatic heterocycles. The zero-order valence-corrected chi connectivity index (χ0v) is 18.1. The maximum atomic E-state index is 13.3. The van der Waals surface area contributed by atoms with Gasteiger partial charge in [-0.1, -0.05) is 12.1 Å². The first-order chi connectivity index (χ1) is 15.4. The molecule has 7 nitrogen and oxygen atoms in total. The molecule has 2 aliphatic heterocycles. The molecule has 1 N–H and O–H groups in total. The van der Waals surface area contributed by atoms with Crippen LogP contribution in [0.1, 0.15) is 34.8 Å². The largest absolute Gasteiger partial charge is 0.360 e. The highest BCUT2D eigenvalue weighted by atomic mass is 19.1. The number of carbonyl (C=O) groups excluding carboxylic acids is 1. The molecule has 1 saturated heterocycles. The van der Waals surface area contributed by atoms with Crippen LogP contribution in [0.2, 0.25) is 0 Å². The highest BCUT2D eigenvalue weighted by Gasteiger charge is 2.36. The van der Waals surface area contributed by atoms with Crippen LogP contribution in [0.15, 0.2) is 55.0 Å². The third-order valence-electron chi connectivity index (χ3n) is 6.50. The van der Waals surface area contributed by atoms with Crippen LogP contribution in [0.4, 0.5) is 16.2 Å². The Morgan fingerprint density at radius 2 is 1.97 bits per heavy atom. The number of hydrogen-bond donors (Lipinski definition) is 1. The van der Waals surface area contributed by atoms with E-state index in [1.807, 2.05) is 22.9 Å². The molecule has 164 valence electrons. The van der Waals surface area contributed by atoms with Gasteiger partial charge in [0.2, 0.25) is 5.95 Å². The van der Waals surface area contributed by atoms with E-state index in [9.17, 15) is 9.18 Å². The lowest BCUT2D eigenvalue weighted by atomic mass is 9.89. The molecule has 0 unspecified atom stereocenters. The molecule has 2 atom stereocenters. The highest BCUT2D eigenvalue weighted by molar-refractivity contribution is 5.94. The summed E-state index contributed by atoms with van der Waals surface area (Å²) in [6, 6.07) is 10.4. The van der Waals surface area contributed by atoms with Crippen LogP contribution < -0.4 is 10.2 Å². The lowest BCUT2D eigenvalue weighted by Gasteiger charge is -2.25. The van der Waals surface area contributed by atoms with Gasteiger partial charge in [-0.25, -0.2) is 19.3 Å². The van der Waals surface area contributed by atoms with Gasteiger partial charge in [-0.3, -0.25) is 4.79 Å². The second-order valence-corrected chi connectivity index (χ2v) is 8.73. The van der Waals surface area contributed by atoms with Crippen LogP contribution in [0, 0.1) is 5.82 Å². The van der Waals surface area contributed by atoms with Crippen LogP contribution in [-0.4, -0.2) is 51.9 Å². The highest BCUT2D eigenvalue weighted by Crippen LogP contribution is 2.38. The number of likely N-dealkylation sites (tertiary alicyclic amines) is 1. The molecule has 2 aliphatic rings. The standard InChI is InChI=1S/C24H25FN6O/c1-24(18-4-6-19(25)7-5-18)13-16-12-17(14-28-21(16)29-24)22(32)31-11-8-20(15-31)30(2)23-26-9-3-10-27-23/h3-7,9-10,12,14,20H,8,11,13,15H2,1-2H3,(H,28,29)/t20-,24-/m0/s1. The van der Waals surface area contributed by atoms with E-state index < -0.39 is 0 Å². The lowest BCUT2D eigenvalue weighted by Crippen LogP contribution is -2.37. The number of halogens is 1. The summed E-state index contributed by atoms with van der Waals surface area (Å²) < 4.78 is 13.3. The SMILES string of the molecule is CN(c1ncccn1)[C@H]1CCN(C(=O)c2cnc3c(c2)C[C@@](C)(c2ccc(F)cc2)N3)C1. The zero-order chi connectivity index (χ0) is 22.3. The molecule has 4 heterocycles. The Hall–Kier alpha value is -3.55. The van der Waals surface area contributed by atoms with Gasteiger partial charge in [0.1, 0.15) is 11.6 Å². The molecule has 5 rings (SSSR count). The number of pyridine rings is 1. The van der Waals surface area contributed by atoms with Crippen molar-refractivity contribution in [1.82, 2.24) is 19.9 Å². The van der Waals surface area contributed by atoms with Crippen molar-refractivity contribution < 1.29 is 9.18 Å². The second kappa shape index (κ2) is 7.85. The Labute approximate surface area is 186 Å². The Kier molecular flexibility index (Phi) is 5.00. The average molecular weight is 433 g/mol. The van der Waals surface area contributed by atoms with Gasteiger partial charge < -0.3 is 15.1 Å². The number of rotatable bonds is 4. The van der Waals surface area contributed by atoms with E-state index in [1.54, 1.807) is 36.8 Å².